The zero-order valence-electron chi connectivity index (χ0n) is 11.2. The summed E-state index contributed by atoms with van der Waals surface area (Å²) in [6, 6.07) is 17.6. The van der Waals surface area contributed by atoms with Gasteiger partial charge in [-0.2, -0.15) is 35.9 Å². The Hall–Kier alpha value is -2.67. The van der Waals surface area contributed by atoms with Crippen LogP contribution in [-0.4, -0.2) is 4.92 Å². The number of nitro groups is 1. The number of hydrogen-bond donors (Lipinski definition) is 0. The van der Waals surface area contributed by atoms with Gasteiger partial charge in [0.2, 0.25) is 5.69 Å². The summed E-state index contributed by atoms with van der Waals surface area (Å²) >= 11 is 0. The smallest absolute Gasteiger partial charge is 0 e. The van der Waals surface area contributed by atoms with E-state index in [2.05, 4.69) is 13.3 Å². The number of nitro benzene ring substituents is 1. The van der Waals surface area contributed by atoms with Crippen LogP contribution >= 0.6 is 0 Å². The maximum atomic E-state index is 10.2. The van der Waals surface area contributed by atoms with Gasteiger partial charge in [0.25, 0.3) is 0 Å². The summed E-state index contributed by atoms with van der Waals surface area (Å²) in [5.41, 5.74) is 0.702. The molecule has 0 aliphatic heterocycles. The summed E-state index contributed by atoms with van der Waals surface area (Å²) in [5.74, 6) is 0. The van der Waals surface area contributed by atoms with Crippen LogP contribution in [0.4, 0.5) is 5.69 Å². The monoisotopic (exact) mass is 338 g/mol. The van der Waals surface area contributed by atoms with Gasteiger partial charge in [0.05, 0.1) is 4.92 Å². The van der Waals surface area contributed by atoms with Crippen molar-refractivity contribution in [3.63, 3.8) is 0 Å². The molecule has 6 nitrogen and oxygen atoms in total. The first-order valence-corrected chi connectivity index (χ1v) is 5.29. The average Bonchev–Trinajstić information content (AvgIpc) is 3.12. The molecule has 0 unspecified atom stereocenters. The first-order chi connectivity index (χ1) is 10.2. The molecule has 0 spiro atoms. The van der Waals surface area contributed by atoms with E-state index in [0.29, 0.717) is 5.56 Å². The Balaban J connectivity index is -0.000000303. The molecule has 2 aromatic rings. The zero-order chi connectivity index (χ0) is 16.5. The minimum atomic E-state index is -0.476. The predicted octanol–water partition coefficient (Wildman–Crippen LogP) is 3.00. The van der Waals surface area contributed by atoms with Gasteiger partial charge >= 0.3 is 22.6 Å². The van der Waals surface area contributed by atoms with Crippen LogP contribution in [0.3, 0.4) is 0 Å². The Labute approximate surface area is 138 Å². The van der Waals surface area contributed by atoms with Gasteiger partial charge in [-0.3, -0.25) is 10.1 Å². The Morgan fingerprint density at radius 2 is 1.59 bits per heavy atom. The molecule has 22 heavy (non-hydrogen) atoms. The van der Waals surface area contributed by atoms with Gasteiger partial charge in [0.1, 0.15) is 0 Å². The van der Waals surface area contributed by atoms with Crippen molar-refractivity contribution >= 4 is 5.69 Å². The molecule has 0 aliphatic carbocycles. The van der Waals surface area contributed by atoms with Crippen LogP contribution in [0, 0.1) is 41.2 Å². The molecule has 0 aliphatic rings. The second kappa shape index (κ2) is 18.3. The Bertz CT molecular complexity index is 546. The molecular formula is C15H10FeN2O4-2. The van der Waals surface area contributed by atoms with Crippen LogP contribution < -0.4 is 0 Å². The van der Waals surface area contributed by atoms with Crippen LogP contribution in [0.15, 0.2) is 54.6 Å². The summed E-state index contributed by atoms with van der Waals surface area (Å²) in [4.78, 5) is 9.72. The maximum absolute atomic E-state index is 10.2. The van der Waals surface area contributed by atoms with E-state index in [4.69, 9.17) is 14.6 Å². The third-order valence-electron chi connectivity index (χ3n) is 1.89. The molecule has 0 amide bonds. The van der Waals surface area contributed by atoms with E-state index in [1.54, 1.807) is 0 Å². The van der Waals surface area contributed by atoms with E-state index in [0.717, 1.165) is 0 Å². The quantitative estimate of drug-likeness (QED) is 0.276. The first kappa shape index (κ1) is 24.4. The van der Waals surface area contributed by atoms with Crippen molar-refractivity contribution < 1.29 is 31.3 Å². The minimum Gasteiger partial charge on any atom is -0.214 e. The van der Waals surface area contributed by atoms with E-state index < -0.39 is 4.92 Å². The predicted molar refractivity (Wildman–Crippen MR) is 72.0 cm³/mol. The molecule has 2 aromatic carbocycles. The maximum Gasteiger partial charge on any atom is 0 e. The number of benzene rings is 1. The molecule has 0 fully saturated rings. The van der Waals surface area contributed by atoms with Gasteiger partial charge < -0.3 is 0 Å². The van der Waals surface area contributed by atoms with Gasteiger partial charge in [-0.05, 0) is 12.1 Å². The Morgan fingerprint density at radius 3 is 1.86 bits per heavy atom. The Kier molecular flexibility index (Phi) is 20.3. The van der Waals surface area contributed by atoms with E-state index in [9.17, 15) is 10.1 Å². The number of nitrogens with zero attached hydrogens (tertiary/aromatic N) is 2. The number of non-ortho nitro benzene ring substituents is 1. The van der Waals surface area contributed by atoms with Crippen molar-refractivity contribution in [1.82, 2.24) is 0 Å². The third-order valence-corrected chi connectivity index (χ3v) is 1.89. The molecular weight excluding hydrogens is 328 g/mol. The Morgan fingerprint density at radius 1 is 1.14 bits per heavy atom. The van der Waals surface area contributed by atoms with E-state index in [1.165, 1.54) is 30.7 Å². The van der Waals surface area contributed by atoms with Crippen LogP contribution in [-0.2, 0) is 26.4 Å². The summed E-state index contributed by atoms with van der Waals surface area (Å²) in [7, 11) is 0. The van der Waals surface area contributed by atoms with Crippen molar-refractivity contribution in [3.05, 3.63) is 90.0 Å². The van der Waals surface area contributed by atoms with Gasteiger partial charge in [-0.25, -0.2) is 17.4 Å². The van der Waals surface area contributed by atoms with Crippen LogP contribution in [0.25, 0.3) is 0 Å². The molecule has 0 heterocycles. The fourth-order valence-electron chi connectivity index (χ4n) is 1.09. The van der Waals surface area contributed by atoms with E-state index >= 15 is 0 Å². The molecule has 2 rings (SSSR count). The number of nitriles is 1. The summed E-state index contributed by atoms with van der Waals surface area (Å²) in [6.07, 6.45) is 1.32. The molecule has 0 N–H and O–H groups in total. The molecule has 114 valence electrons. The molecule has 0 saturated carbocycles. The molecule has 0 atom stereocenters. The van der Waals surface area contributed by atoms with Crippen LogP contribution in [0.1, 0.15) is 5.56 Å². The second-order valence-corrected chi connectivity index (χ2v) is 3.08. The molecule has 0 saturated heterocycles. The molecule has 0 bridgehead atoms. The normalized spacial score (nSPS) is 6.68. The SMILES string of the molecule is N#C[CH-]c1ccc([N+](=O)[O-])cc1.[C-]#[O+].[C-]#[O+].[Fe].c1cc[cH-]c1. The largest absolute Gasteiger partial charge is 0.214 e. The van der Waals surface area contributed by atoms with E-state index in [1.807, 2.05) is 36.4 Å². The molecule has 0 radical (unpaired) electrons. The zero-order valence-corrected chi connectivity index (χ0v) is 12.3. The van der Waals surface area contributed by atoms with Crippen LogP contribution in [0.2, 0.25) is 0 Å². The van der Waals surface area contributed by atoms with Crippen molar-refractivity contribution in [2.75, 3.05) is 0 Å². The summed E-state index contributed by atoms with van der Waals surface area (Å²) < 4.78 is 15.0. The second-order valence-electron chi connectivity index (χ2n) is 3.08. The molecule has 7 heteroatoms. The van der Waals surface area contributed by atoms with Gasteiger partial charge in [0, 0.05) is 23.1 Å². The van der Waals surface area contributed by atoms with Gasteiger partial charge in [-0.15, -0.1) is 0 Å². The van der Waals surface area contributed by atoms with Crippen molar-refractivity contribution in [2.45, 2.75) is 0 Å². The third kappa shape index (κ3) is 12.4. The number of rotatable bonds is 2. The topological polar surface area (TPSA) is 107 Å². The fourth-order valence-corrected chi connectivity index (χ4v) is 1.09. The van der Waals surface area contributed by atoms with Gasteiger partial charge in [-0.1, -0.05) is 6.42 Å². The minimum absolute atomic E-state index is 0. The first-order valence-electron chi connectivity index (χ1n) is 5.29. The fraction of sp³-hybridized carbons (Fsp3) is 0. The summed E-state index contributed by atoms with van der Waals surface area (Å²) in [5, 5.41) is 18.5. The van der Waals surface area contributed by atoms with Crippen molar-refractivity contribution in [3.8, 4) is 6.07 Å². The number of hydrogen-bond acceptors (Lipinski definition) is 3. The molecule has 0 aromatic heterocycles. The van der Waals surface area contributed by atoms with E-state index in [-0.39, 0.29) is 22.8 Å². The van der Waals surface area contributed by atoms with Crippen molar-refractivity contribution in [1.29, 1.82) is 5.26 Å². The summed E-state index contributed by atoms with van der Waals surface area (Å²) in [6.45, 7) is 9.00. The van der Waals surface area contributed by atoms with Gasteiger partial charge in [0.15, 0.2) is 0 Å². The van der Waals surface area contributed by atoms with Crippen molar-refractivity contribution in [2.24, 2.45) is 0 Å². The average molecular weight is 338 g/mol. The standard InChI is InChI=1S/C8H5N2O2.C5H5.2CO.Fe/c9-6-5-7-1-3-8(4-2-7)10(11)12;1-2-4-5-3-1;2*1-2;/h1-5H;1-5H;;;/q2*-1;;;. The van der Waals surface area contributed by atoms with Crippen LogP contribution in [0.5, 0.6) is 0 Å².